The van der Waals surface area contributed by atoms with E-state index in [1.807, 2.05) is 0 Å². The molecule has 1 fully saturated rings. The highest BCUT2D eigenvalue weighted by Crippen LogP contribution is 2.23. The van der Waals surface area contributed by atoms with Crippen molar-refractivity contribution < 1.29 is 27.7 Å². The van der Waals surface area contributed by atoms with Crippen molar-refractivity contribution in [1.82, 2.24) is 5.32 Å². The second-order valence-electron chi connectivity index (χ2n) is 5.16. The Labute approximate surface area is 142 Å². The quantitative estimate of drug-likeness (QED) is 0.454. The molecule has 0 saturated carbocycles. The number of nitro benzene ring substituents is 1. The largest absolute Gasteiger partial charge is 0.452 e. The Hall–Kier alpha value is -2.20. The van der Waals surface area contributed by atoms with Gasteiger partial charge in [-0.25, -0.2) is 13.2 Å². The highest BCUT2D eigenvalue weighted by molar-refractivity contribution is 7.91. The summed E-state index contributed by atoms with van der Waals surface area (Å²) >= 11 is 5.78. The lowest BCUT2D eigenvalue weighted by Gasteiger charge is -2.11. The molecule has 0 unspecified atom stereocenters. The maximum atomic E-state index is 11.8. The zero-order valence-electron chi connectivity index (χ0n) is 12.2. The third-order valence-corrected chi connectivity index (χ3v) is 5.40. The Morgan fingerprint density at radius 2 is 2.12 bits per heavy atom. The van der Waals surface area contributed by atoms with E-state index in [1.54, 1.807) is 0 Å². The Bertz CT molecular complexity index is 794. The van der Waals surface area contributed by atoms with Crippen molar-refractivity contribution in [2.45, 2.75) is 12.5 Å². The summed E-state index contributed by atoms with van der Waals surface area (Å²) < 4.78 is 27.4. The molecule has 1 atom stereocenters. The minimum Gasteiger partial charge on any atom is -0.452 e. The lowest BCUT2D eigenvalue weighted by molar-refractivity contribution is -0.384. The Balaban J connectivity index is 1.89. The predicted molar refractivity (Wildman–Crippen MR) is 83.6 cm³/mol. The molecule has 0 radical (unpaired) electrons. The number of nitro groups is 1. The van der Waals surface area contributed by atoms with Crippen LogP contribution in [0.25, 0.3) is 0 Å². The Kier molecular flexibility index (Phi) is 5.40. The van der Waals surface area contributed by atoms with E-state index < -0.39 is 39.3 Å². The van der Waals surface area contributed by atoms with Crippen LogP contribution in [0.5, 0.6) is 0 Å². The maximum absolute atomic E-state index is 11.8. The summed E-state index contributed by atoms with van der Waals surface area (Å²) in [4.78, 5) is 33.4. The van der Waals surface area contributed by atoms with Crippen molar-refractivity contribution >= 4 is 39.0 Å². The molecule has 0 aromatic heterocycles. The fourth-order valence-corrected chi connectivity index (χ4v) is 4.10. The minimum absolute atomic E-state index is 0.0101. The molecule has 0 aliphatic carbocycles. The fourth-order valence-electron chi connectivity index (χ4n) is 2.17. The number of nitrogens with zero attached hydrogens (tertiary/aromatic N) is 1. The van der Waals surface area contributed by atoms with Crippen molar-refractivity contribution in [3.05, 3.63) is 38.9 Å². The van der Waals surface area contributed by atoms with Gasteiger partial charge in [-0.05, 0) is 12.5 Å². The van der Waals surface area contributed by atoms with E-state index in [0.717, 1.165) is 18.2 Å². The third-order valence-electron chi connectivity index (χ3n) is 3.32. The van der Waals surface area contributed by atoms with E-state index in [0.29, 0.717) is 6.42 Å². The maximum Gasteiger partial charge on any atom is 0.340 e. The van der Waals surface area contributed by atoms with E-state index >= 15 is 0 Å². The number of hydrogen-bond donors (Lipinski definition) is 1. The van der Waals surface area contributed by atoms with Gasteiger partial charge >= 0.3 is 5.97 Å². The van der Waals surface area contributed by atoms with Crippen molar-refractivity contribution in [2.75, 3.05) is 18.1 Å². The van der Waals surface area contributed by atoms with E-state index in [1.165, 1.54) is 0 Å². The molecule has 1 aromatic rings. The van der Waals surface area contributed by atoms with Crippen molar-refractivity contribution in [2.24, 2.45) is 0 Å². The van der Waals surface area contributed by atoms with E-state index in [2.05, 4.69) is 5.32 Å². The first kappa shape index (κ1) is 18.1. The summed E-state index contributed by atoms with van der Waals surface area (Å²) in [6.45, 7) is -0.608. The third kappa shape index (κ3) is 4.65. The van der Waals surface area contributed by atoms with Gasteiger partial charge in [-0.1, -0.05) is 11.6 Å². The van der Waals surface area contributed by atoms with Gasteiger partial charge < -0.3 is 10.1 Å². The molecule has 1 aliphatic heterocycles. The molecular formula is C13H13ClN2O7S. The molecule has 1 saturated heterocycles. The van der Waals surface area contributed by atoms with Crippen LogP contribution in [0.15, 0.2) is 18.2 Å². The molecule has 0 spiro atoms. The van der Waals surface area contributed by atoms with E-state index in [9.17, 15) is 28.1 Å². The van der Waals surface area contributed by atoms with Gasteiger partial charge in [-0.2, -0.15) is 0 Å². The molecule has 1 aromatic carbocycles. The zero-order chi connectivity index (χ0) is 17.9. The number of rotatable bonds is 5. The SMILES string of the molecule is O=C(COC(=O)c1ccc([N+](=O)[O-])cc1Cl)N[C@@H]1CCS(=O)(=O)C1. The van der Waals surface area contributed by atoms with Crippen molar-refractivity contribution in [1.29, 1.82) is 0 Å². The number of esters is 1. The van der Waals surface area contributed by atoms with Crippen LogP contribution in [-0.4, -0.2) is 49.4 Å². The van der Waals surface area contributed by atoms with E-state index in [-0.39, 0.29) is 27.8 Å². The molecule has 1 N–H and O–H groups in total. The van der Waals surface area contributed by atoms with Gasteiger partial charge in [0, 0.05) is 18.2 Å². The van der Waals surface area contributed by atoms with E-state index in [4.69, 9.17) is 16.3 Å². The number of non-ortho nitro benzene ring substituents is 1. The van der Waals surface area contributed by atoms with Gasteiger partial charge in [0.25, 0.3) is 11.6 Å². The fraction of sp³-hybridized carbons (Fsp3) is 0.385. The van der Waals surface area contributed by atoms with Crippen LogP contribution >= 0.6 is 11.6 Å². The lowest BCUT2D eigenvalue weighted by atomic mass is 10.2. The summed E-state index contributed by atoms with van der Waals surface area (Å²) in [5.41, 5.74) is -0.393. The molecule has 0 bridgehead atoms. The highest BCUT2D eigenvalue weighted by Gasteiger charge is 2.29. The van der Waals surface area contributed by atoms with Crippen LogP contribution in [0.4, 0.5) is 5.69 Å². The average molecular weight is 377 g/mol. The highest BCUT2D eigenvalue weighted by atomic mass is 35.5. The number of benzene rings is 1. The van der Waals surface area contributed by atoms with Crippen molar-refractivity contribution in [3.63, 3.8) is 0 Å². The molecule has 1 amide bonds. The van der Waals surface area contributed by atoms with Gasteiger partial charge in [-0.15, -0.1) is 0 Å². The predicted octanol–water partition coefficient (Wildman–Crippen LogP) is 0.708. The number of carbonyl (C=O) groups is 2. The van der Waals surface area contributed by atoms with Crippen LogP contribution in [0.1, 0.15) is 16.8 Å². The lowest BCUT2D eigenvalue weighted by Crippen LogP contribution is -2.38. The molecule has 24 heavy (non-hydrogen) atoms. The number of amides is 1. The smallest absolute Gasteiger partial charge is 0.340 e. The summed E-state index contributed by atoms with van der Waals surface area (Å²) in [7, 11) is -3.13. The molecular weight excluding hydrogens is 364 g/mol. The van der Waals surface area contributed by atoms with Crippen LogP contribution < -0.4 is 5.32 Å². The average Bonchev–Trinajstić information content (AvgIpc) is 2.83. The second kappa shape index (κ2) is 7.14. The summed E-state index contributed by atoms with van der Waals surface area (Å²) in [6, 6.07) is 2.72. The zero-order valence-corrected chi connectivity index (χ0v) is 13.8. The number of ether oxygens (including phenoxy) is 1. The number of nitrogens with one attached hydrogen (secondary N) is 1. The minimum atomic E-state index is -3.13. The number of carbonyl (C=O) groups excluding carboxylic acids is 2. The van der Waals surface area contributed by atoms with Gasteiger partial charge in [0.15, 0.2) is 16.4 Å². The molecule has 11 heteroatoms. The summed E-state index contributed by atoms with van der Waals surface area (Å²) in [6.07, 6.45) is 0.316. The van der Waals surface area contributed by atoms with Crippen LogP contribution in [0.3, 0.4) is 0 Å². The van der Waals surface area contributed by atoms with Crippen LogP contribution in [-0.2, 0) is 19.4 Å². The monoisotopic (exact) mass is 376 g/mol. The first-order valence-electron chi connectivity index (χ1n) is 6.79. The second-order valence-corrected chi connectivity index (χ2v) is 7.80. The molecule has 1 aliphatic rings. The Morgan fingerprint density at radius 3 is 2.67 bits per heavy atom. The molecule has 1 heterocycles. The first-order valence-corrected chi connectivity index (χ1v) is 8.99. The molecule has 2 rings (SSSR count). The van der Waals surface area contributed by atoms with Gasteiger partial charge in [0.05, 0.1) is 27.0 Å². The van der Waals surface area contributed by atoms with Gasteiger partial charge in [0.1, 0.15) is 0 Å². The number of hydrogen-bond acceptors (Lipinski definition) is 7. The standard InChI is InChI=1S/C13H13ClN2O7S/c14-11-5-9(16(19)20)1-2-10(11)13(18)23-6-12(17)15-8-3-4-24(21,22)7-8/h1-2,5,8H,3-4,6-7H2,(H,15,17)/t8-/m1/s1. The number of sulfone groups is 1. The van der Waals surface area contributed by atoms with Crippen LogP contribution in [0, 0.1) is 10.1 Å². The molecule has 130 valence electrons. The molecule has 9 nitrogen and oxygen atoms in total. The Morgan fingerprint density at radius 1 is 1.42 bits per heavy atom. The number of halogens is 1. The van der Waals surface area contributed by atoms with Crippen LogP contribution in [0.2, 0.25) is 5.02 Å². The first-order chi connectivity index (χ1) is 11.2. The normalized spacial score (nSPS) is 18.8. The van der Waals surface area contributed by atoms with Gasteiger partial charge in [-0.3, -0.25) is 14.9 Å². The topological polar surface area (TPSA) is 133 Å². The van der Waals surface area contributed by atoms with Gasteiger partial charge in [0.2, 0.25) is 0 Å². The van der Waals surface area contributed by atoms with Crippen molar-refractivity contribution in [3.8, 4) is 0 Å². The summed E-state index contributed by atoms with van der Waals surface area (Å²) in [5, 5.41) is 12.9. The summed E-state index contributed by atoms with van der Waals surface area (Å²) in [5.74, 6) is -1.68.